The lowest BCUT2D eigenvalue weighted by Crippen LogP contribution is -2.51. The predicted octanol–water partition coefficient (Wildman–Crippen LogP) is 5.09. The Labute approximate surface area is 190 Å². The fraction of sp³-hybridized carbons (Fsp3) is 0.720. The quantitative estimate of drug-likeness (QED) is 0.671. The van der Waals surface area contributed by atoms with E-state index in [1.807, 2.05) is 65.5 Å². The van der Waals surface area contributed by atoms with Gasteiger partial charge in [0.2, 0.25) is 0 Å². The van der Waals surface area contributed by atoms with Crippen LogP contribution in [0.2, 0.25) is 0 Å². The van der Waals surface area contributed by atoms with E-state index in [0.29, 0.717) is 0 Å². The lowest BCUT2D eigenvalue weighted by molar-refractivity contribution is 0.0130. The van der Waals surface area contributed by atoms with Crippen LogP contribution in [0.15, 0.2) is 24.3 Å². The predicted molar refractivity (Wildman–Crippen MR) is 133 cm³/mol. The fourth-order valence-electron chi connectivity index (χ4n) is 3.86. The number of piperidine rings is 1. The highest BCUT2D eigenvalue weighted by Crippen LogP contribution is 2.25. The number of carbonyl (C=O) groups is 1. The SMILES string of the molecule is CC.CC.CC(C)(C)OC(=O)N1CCN(CC2CCN(c3ccc(N)cc3)CC2)CC1. The summed E-state index contributed by atoms with van der Waals surface area (Å²) in [5.74, 6) is 0.739. The topological polar surface area (TPSA) is 62.0 Å². The molecule has 0 aliphatic carbocycles. The molecule has 1 aromatic rings. The minimum atomic E-state index is -0.424. The monoisotopic (exact) mass is 434 g/mol. The zero-order valence-corrected chi connectivity index (χ0v) is 21.0. The third kappa shape index (κ3) is 9.38. The van der Waals surface area contributed by atoms with Gasteiger partial charge >= 0.3 is 6.09 Å². The normalized spacial score (nSPS) is 17.8. The minimum Gasteiger partial charge on any atom is -0.444 e. The number of nitrogens with two attached hydrogens (primary N) is 1. The fourth-order valence-corrected chi connectivity index (χ4v) is 3.86. The summed E-state index contributed by atoms with van der Waals surface area (Å²) in [4.78, 5) is 19.0. The summed E-state index contributed by atoms with van der Waals surface area (Å²) in [7, 11) is 0. The number of benzene rings is 1. The van der Waals surface area contributed by atoms with E-state index in [2.05, 4.69) is 21.9 Å². The number of piperazine rings is 1. The van der Waals surface area contributed by atoms with Gasteiger partial charge in [0.15, 0.2) is 0 Å². The molecule has 2 aliphatic rings. The van der Waals surface area contributed by atoms with Crippen molar-refractivity contribution in [1.82, 2.24) is 9.80 Å². The molecule has 0 atom stereocenters. The van der Waals surface area contributed by atoms with Crippen molar-refractivity contribution in [3.8, 4) is 0 Å². The zero-order valence-electron chi connectivity index (χ0n) is 21.0. The first kappa shape index (κ1) is 27.1. The molecule has 0 spiro atoms. The Hall–Kier alpha value is -1.95. The number of carbonyl (C=O) groups excluding carboxylic acids is 1. The Morgan fingerprint density at radius 3 is 1.94 bits per heavy atom. The Morgan fingerprint density at radius 1 is 0.935 bits per heavy atom. The average molecular weight is 435 g/mol. The highest BCUT2D eigenvalue weighted by atomic mass is 16.6. The van der Waals surface area contributed by atoms with Gasteiger partial charge < -0.3 is 20.3 Å². The third-order valence-corrected chi connectivity index (χ3v) is 5.41. The Kier molecular flexibility index (Phi) is 11.8. The van der Waals surface area contributed by atoms with E-state index < -0.39 is 5.60 Å². The number of amides is 1. The van der Waals surface area contributed by atoms with Crippen LogP contribution in [0.25, 0.3) is 0 Å². The van der Waals surface area contributed by atoms with Crippen molar-refractivity contribution in [2.75, 3.05) is 56.4 Å². The molecule has 1 amide bonds. The van der Waals surface area contributed by atoms with E-state index in [1.54, 1.807) is 0 Å². The number of anilines is 2. The summed E-state index contributed by atoms with van der Waals surface area (Å²) in [6.45, 7) is 20.5. The number of hydrogen-bond acceptors (Lipinski definition) is 5. The molecule has 0 unspecified atom stereocenters. The van der Waals surface area contributed by atoms with Crippen molar-refractivity contribution in [2.45, 2.75) is 66.9 Å². The molecule has 2 N–H and O–H groups in total. The molecule has 178 valence electrons. The molecule has 0 saturated carbocycles. The van der Waals surface area contributed by atoms with Crippen LogP contribution in [0.3, 0.4) is 0 Å². The van der Waals surface area contributed by atoms with Crippen LogP contribution in [0.5, 0.6) is 0 Å². The van der Waals surface area contributed by atoms with Gasteiger partial charge in [0.05, 0.1) is 0 Å². The molecule has 2 saturated heterocycles. The average Bonchev–Trinajstić information content (AvgIpc) is 2.77. The standard InChI is InChI=1S/C21H34N4O2.2C2H6/c1-21(2,3)27-20(26)25-14-12-23(13-15-25)16-17-8-10-24(11-9-17)19-6-4-18(22)5-7-19;2*1-2/h4-7,17H,8-16,22H2,1-3H3;2*1-2H3. The largest absolute Gasteiger partial charge is 0.444 e. The minimum absolute atomic E-state index is 0.182. The number of rotatable bonds is 3. The molecular formula is C25H46N4O2. The third-order valence-electron chi connectivity index (χ3n) is 5.41. The van der Waals surface area contributed by atoms with E-state index >= 15 is 0 Å². The lowest BCUT2D eigenvalue weighted by atomic mass is 9.95. The molecule has 2 aliphatic heterocycles. The molecule has 6 heteroatoms. The molecule has 2 heterocycles. The van der Waals surface area contributed by atoms with Crippen LogP contribution in [-0.4, -0.2) is 67.3 Å². The van der Waals surface area contributed by atoms with Gasteiger partial charge in [-0.25, -0.2) is 4.79 Å². The van der Waals surface area contributed by atoms with Crippen LogP contribution >= 0.6 is 0 Å². The van der Waals surface area contributed by atoms with Gasteiger partial charge in [-0.2, -0.15) is 0 Å². The summed E-state index contributed by atoms with van der Waals surface area (Å²) in [6.07, 6.45) is 2.26. The molecule has 0 aromatic heterocycles. The molecule has 0 bridgehead atoms. The number of hydrogen-bond donors (Lipinski definition) is 1. The number of nitrogen functional groups attached to an aromatic ring is 1. The Morgan fingerprint density at radius 2 is 1.45 bits per heavy atom. The first-order valence-corrected chi connectivity index (χ1v) is 12.1. The molecule has 2 fully saturated rings. The van der Waals surface area contributed by atoms with Crippen molar-refractivity contribution in [3.05, 3.63) is 24.3 Å². The molecule has 6 nitrogen and oxygen atoms in total. The van der Waals surface area contributed by atoms with Crippen molar-refractivity contribution in [3.63, 3.8) is 0 Å². The van der Waals surface area contributed by atoms with Crippen molar-refractivity contribution < 1.29 is 9.53 Å². The molecule has 31 heavy (non-hydrogen) atoms. The van der Waals surface area contributed by atoms with Crippen LogP contribution in [-0.2, 0) is 4.74 Å². The van der Waals surface area contributed by atoms with Gasteiger partial charge in [0.1, 0.15) is 5.60 Å². The van der Waals surface area contributed by atoms with Crippen LogP contribution in [0, 0.1) is 5.92 Å². The maximum absolute atomic E-state index is 12.2. The number of ether oxygens (including phenoxy) is 1. The van der Waals surface area contributed by atoms with E-state index in [4.69, 9.17) is 10.5 Å². The lowest BCUT2D eigenvalue weighted by Gasteiger charge is -2.39. The summed E-state index contributed by atoms with van der Waals surface area (Å²) < 4.78 is 5.48. The second-order valence-electron chi connectivity index (χ2n) is 8.79. The van der Waals surface area contributed by atoms with Crippen LogP contribution in [0.4, 0.5) is 16.2 Å². The zero-order chi connectivity index (χ0) is 23.4. The van der Waals surface area contributed by atoms with Gasteiger partial charge in [-0.15, -0.1) is 0 Å². The summed E-state index contributed by atoms with van der Waals surface area (Å²) in [5, 5.41) is 0. The van der Waals surface area contributed by atoms with E-state index in [1.165, 1.54) is 18.5 Å². The second kappa shape index (κ2) is 13.5. The van der Waals surface area contributed by atoms with Gasteiger partial charge in [0.25, 0.3) is 0 Å². The first-order valence-electron chi connectivity index (χ1n) is 12.1. The molecule has 3 rings (SSSR count). The second-order valence-corrected chi connectivity index (χ2v) is 8.79. The molecule has 1 aromatic carbocycles. The highest BCUT2D eigenvalue weighted by Gasteiger charge is 2.28. The van der Waals surface area contributed by atoms with Crippen LogP contribution < -0.4 is 10.6 Å². The van der Waals surface area contributed by atoms with Gasteiger partial charge in [0, 0.05) is 57.2 Å². The summed E-state index contributed by atoms with van der Waals surface area (Å²) in [6, 6.07) is 8.19. The van der Waals surface area contributed by atoms with E-state index in [0.717, 1.165) is 57.4 Å². The molecule has 0 radical (unpaired) electrons. The van der Waals surface area contributed by atoms with Crippen molar-refractivity contribution >= 4 is 17.5 Å². The first-order chi connectivity index (χ1) is 14.8. The van der Waals surface area contributed by atoms with Gasteiger partial charge in [-0.3, -0.25) is 4.90 Å². The smallest absolute Gasteiger partial charge is 0.410 e. The Balaban J connectivity index is 0.00000113. The number of nitrogens with zero attached hydrogens (tertiary/aromatic N) is 3. The maximum Gasteiger partial charge on any atom is 0.410 e. The highest BCUT2D eigenvalue weighted by molar-refractivity contribution is 5.68. The maximum atomic E-state index is 12.2. The van der Waals surface area contributed by atoms with Crippen LogP contribution in [0.1, 0.15) is 61.3 Å². The summed E-state index contributed by atoms with van der Waals surface area (Å²) in [5.41, 5.74) is 7.45. The van der Waals surface area contributed by atoms with E-state index in [-0.39, 0.29) is 6.09 Å². The van der Waals surface area contributed by atoms with Crippen molar-refractivity contribution in [1.29, 1.82) is 0 Å². The van der Waals surface area contributed by atoms with Gasteiger partial charge in [-0.1, -0.05) is 27.7 Å². The Bertz CT molecular complexity index is 611. The van der Waals surface area contributed by atoms with Crippen molar-refractivity contribution in [2.24, 2.45) is 5.92 Å². The van der Waals surface area contributed by atoms with Gasteiger partial charge in [-0.05, 0) is 63.8 Å². The molecular weight excluding hydrogens is 388 g/mol. The summed E-state index contributed by atoms with van der Waals surface area (Å²) >= 11 is 0. The van der Waals surface area contributed by atoms with E-state index in [9.17, 15) is 4.79 Å².